The molecule has 0 fully saturated rings. The van der Waals surface area contributed by atoms with E-state index in [4.69, 9.17) is 9.47 Å². The lowest BCUT2D eigenvalue weighted by Crippen LogP contribution is -2.24. The Hall–Kier alpha value is -3.26. The molecular weight excluding hydrogens is 386 g/mol. The first-order chi connectivity index (χ1) is 14.3. The topological polar surface area (TPSA) is 67.0 Å². The van der Waals surface area contributed by atoms with Crippen molar-refractivity contribution in [3.63, 3.8) is 0 Å². The van der Waals surface area contributed by atoms with Gasteiger partial charge in [0.05, 0.1) is 11.9 Å². The lowest BCUT2D eigenvalue weighted by molar-refractivity contribution is 0.0825. The highest BCUT2D eigenvalue weighted by atomic mass is 32.2. The highest BCUT2D eigenvalue weighted by molar-refractivity contribution is 7.98. The lowest BCUT2D eigenvalue weighted by atomic mass is 10.2. The van der Waals surface area contributed by atoms with Gasteiger partial charge < -0.3 is 14.0 Å². The summed E-state index contributed by atoms with van der Waals surface area (Å²) >= 11 is 1.62. The van der Waals surface area contributed by atoms with Crippen LogP contribution in [0.25, 0.3) is 5.69 Å². The molecule has 29 heavy (non-hydrogen) atoms. The summed E-state index contributed by atoms with van der Waals surface area (Å²) in [5.41, 5.74) is 2.16. The molecule has 1 atom stereocenters. The Morgan fingerprint density at radius 1 is 1.03 bits per heavy atom. The van der Waals surface area contributed by atoms with E-state index in [-0.39, 0.29) is 6.10 Å². The highest BCUT2D eigenvalue weighted by Gasteiger charge is 2.27. The largest absolute Gasteiger partial charge is 0.485 e. The third kappa shape index (κ3) is 3.58. The van der Waals surface area contributed by atoms with Gasteiger partial charge in [-0.1, -0.05) is 42.1 Å². The Kier molecular flexibility index (Phi) is 4.69. The number of rotatable bonds is 5. The maximum absolute atomic E-state index is 6.06. The van der Waals surface area contributed by atoms with Crippen molar-refractivity contribution in [1.29, 1.82) is 0 Å². The number of benzene rings is 2. The van der Waals surface area contributed by atoms with Crippen molar-refractivity contribution < 1.29 is 9.47 Å². The van der Waals surface area contributed by atoms with Crippen molar-refractivity contribution in [2.75, 3.05) is 6.61 Å². The second-order valence-corrected chi connectivity index (χ2v) is 7.62. The number of hydrogen-bond acceptors (Lipinski definition) is 6. The summed E-state index contributed by atoms with van der Waals surface area (Å²) in [5.74, 6) is 3.00. The van der Waals surface area contributed by atoms with Gasteiger partial charge in [0.25, 0.3) is 0 Å². The number of aromatic nitrogens is 5. The summed E-state index contributed by atoms with van der Waals surface area (Å²) in [4.78, 5) is 0. The first kappa shape index (κ1) is 17.8. The Labute approximate surface area is 172 Å². The van der Waals surface area contributed by atoms with E-state index in [2.05, 4.69) is 15.3 Å². The van der Waals surface area contributed by atoms with Gasteiger partial charge >= 0.3 is 0 Å². The van der Waals surface area contributed by atoms with Gasteiger partial charge in [-0.25, -0.2) is 4.68 Å². The van der Waals surface area contributed by atoms with Crippen LogP contribution in [-0.4, -0.2) is 31.2 Å². The molecule has 4 aromatic rings. The Bertz CT molecular complexity index is 1130. The molecule has 0 aliphatic carbocycles. The summed E-state index contributed by atoms with van der Waals surface area (Å²) in [6.45, 7) is 0.414. The van der Waals surface area contributed by atoms with Gasteiger partial charge in [-0.2, -0.15) is 5.10 Å². The molecule has 0 saturated carbocycles. The van der Waals surface area contributed by atoms with E-state index in [1.165, 1.54) is 0 Å². The average molecular weight is 405 g/mol. The van der Waals surface area contributed by atoms with Crippen LogP contribution in [0.1, 0.15) is 17.5 Å². The van der Waals surface area contributed by atoms with E-state index in [0.29, 0.717) is 6.61 Å². The molecule has 0 N–H and O–H groups in total. The first-order valence-electron chi connectivity index (χ1n) is 9.27. The zero-order chi connectivity index (χ0) is 19.6. The highest BCUT2D eigenvalue weighted by Crippen LogP contribution is 2.36. The molecule has 2 aromatic heterocycles. The van der Waals surface area contributed by atoms with Crippen molar-refractivity contribution in [3.8, 4) is 17.2 Å². The van der Waals surface area contributed by atoms with Crippen molar-refractivity contribution in [2.24, 2.45) is 7.05 Å². The van der Waals surface area contributed by atoms with Gasteiger partial charge in [0.15, 0.2) is 28.6 Å². The second kappa shape index (κ2) is 7.63. The Morgan fingerprint density at radius 3 is 2.69 bits per heavy atom. The number of thioether (sulfide) groups is 1. The minimum atomic E-state index is -0.280. The zero-order valence-corrected chi connectivity index (χ0v) is 16.6. The van der Waals surface area contributed by atoms with Gasteiger partial charge in [0.1, 0.15) is 6.61 Å². The molecule has 2 aromatic carbocycles. The lowest BCUT2D eigenvalue weighted by Gasteiger charge is -2.25. The molecule has 3 heterocycles. The maximum atomic E-state index is 6.06. The SMILES string of the molecule is Cn1c(SCc2cnn(-c3ccccc3)c2)nnc1C1COc2ccccc2O1. The van der Waals surface area contributed by atoms with Crippen LogP contribution in [0, 0.1) is 0 Å². The predicted molar refractivity (Wildman–Crippen MR) is 109 cm³/mol. The van der Waals surface area contributed by atoms with Crippen LogP contribution in [0.5, 0.6) is 11.5 Å². The third-order valence-corrected chi connectivity index (χ3v) is 5.78. The van der Waals surface area contributed by atoms with Gasteiger partial charge in [0.2, 0.25) is 0 Å². The molecule has 1 aliphatic heterocycles. The van der Waals surface area contributed by atoms with Crippen molar-refractivity contribution >= 4 is 11.8 Å². The van der Waals surface area contributed by atoms with Crippen LogP contribution in [-0.2, 0) is 12.8 Å². The van der Waals surface area contributed by atoms with Crippen LogP contribution in [0.3, 0.4) is 0 Å². The van der Waals surface area contributed by atoms with Gasteiger partial charge in [0, 0.05) is 24.6 Å². The quantitative estimate of drug-likeness (QED) is 0.471. The molecule has 1 aliphatic rings. The zero-order valence-electron chi connectivity index (χ0n) is 15.8. The maximum Gasteiger partial charge on any atom is 0.192 e. The molecule has 0 spiro atoms. The van der Waals surface area contributed by atoms with Crippen LogP contribution in [0.15, 0.2) is 72.1 Å². The summed E-state index contributed by atoms with van der Waals surface area (Å²) in [5, 5.41) is 14.0. The number of ether oxygens (including phenoxy) is 2. The predicted octanol–water partition coefficient (Wildman–Crippen LogP) is 3.81. The normalized spacial score (nSPS) is 15.4. The minimum absolute atomic E-state index is 0.280. The summed E-state index contributed by atoms with van der Waals surface area (Å²) in [6, 6.07) is 17.7. The number of fused-ring (bicyclic) bond motifs is 1. The molecule has 7 nitrogen and oxygen atoms in total. The summed E-state index contributed by atoms with van der Waals surface area (Å²) in [6.07, 6.45) is 3.64. The molecule has 0 radical (unpaired) electrons. The van der Waals surface area contributed by atoms with Crippen LogP contribution in [0.2, 0.25) is 0 Å². The fourth-order valence-corrected chi connectivity index (χ4v) is 4.01. The summed E-state index contributed by atoms with van der Waals surface area (Å²) < 4.78 is 15.7. The van der Waals surface area contributed by atoms with E-state index >= 15 is 0 Å². The molecule has 8 heteroatoms. The Morgan fingerprint density at radius 2 is 1.83 bits per heavy atom. The first-order valence-corrected chi connectivity index (χ1v) is 10.3. The second-order valence-electron chi connectivity index (χ2n) is 6.68. The van der Waals surface area contributed by atoms with E-state index in [9.17, 15) is 0 Å². The number of para-hydroxylation sites is 3. The smallest absolute Gasteiger partial charge is 0.192 e. The van der Waals surface area contributed by atoms with Gasteiger partial charge in [-0.05, 0) is 24.3 Å². The van der Waals surface area contributed by atoms with Crippen molar-refractivity contribution in [3.05, 3.63) is 78.4 Å². The third-order valence-electron chi connectivity index (χ3n) is 4.69. The van der Waals surface area contributed by atoms with Crippen LogP contribution >= 0.6 is 11.8 Å². The molecule has 0 saturated heterocycles. The molecule has 0 amide bonds. The standard InChI is InChI=1S/C21H19N5O2S/c1-25-20(19-13-27-17-9-5-6-10-18(17)28-19)23-24-21(25)29-14-15-11-22-26(12-15)16-7-3-2-4-8-16/h2-12,19H,13-14H2,1H3. The van der Waals surface area contributed by atoms with Crippen molar-refractivity contribution in [2.45, 2.75) is 17.0 Å². The molecular formula is C21H19N5O2S. The monoisotopic (exact) mass is 405 g/mol. The van der Waals surface area contributed by atoms with Crippen molar-refractivity contribution in [1.82, 2.24) is 24.5 Å². The van der Waals surface area contributed by atoms with Gasteiger partial charge in [-0.3, -0.25) is 0 Å². The van der Waals surface area contributed by atoms with Crippen LogP contribution in [0.4, 0.5) is 0 Å². The molecule has 1 unspecified atom stereocenters. The minimum Gasteiger partial charge on any atom is -0.485 e. The fraction of sp³-hybridized carbons (Fsp3) is 0.190. The summed E-state index contributed by atoms with van der Waals surface area (Å²) in [7, 11) is 1.95. The van der Waals surface area contributed by atoms with Crippen LogP contribution < -0.4 is 9.47 Å². The average Bonchev–Trinajstić information content (AvgIpc) is 3.39. The van der Waals surface area contributed by atoms with E-state index < -0.39 is 0 Å². The molecule has 0 bridgehead atoms. The fourth-order valence-electron chi connectivity index (χ4n) is 3.18. The van der Waals surface area contributed by atoms with E-state index in [0.717, 1.165) is 39.5 Å². The Balaban J connectivity index is 1.27. The molecule has 146 valence electrons. The van der Waals surface area contributed by atoms with E-state index in [1.54, 1.807) is 11.8 Å². The number of hydrogen-bond donors (Lipinski definition) is 0. The van der Waals surface area contributed by atoms with Gasteiger partial charge in [-0.15, -0.1) is 10.2 Å². The number of nitrogens with zero attached hydrogens (tertiary/aromatic N) is 5. The molecule has 5 rings (SSSR count). The van der Waals surface area contributed by atoms with E-state index in [1.807, 2.05) is 83.3 Å².